The number of alkyl halides is 1. The number of nitrogens with zero attached hydrogens (tertiary/aromatic N) is 2. The quantitative estimate of drug-likeness (QED) is 0.813. The molecule has 1 aromatic heterocycles. The van der Waals surface area contributed by atoms with E-state index in [0.29, 0.717) is 18.4 Å². The first-order valence-electron chi connectivity index (χ1n) is 4.17. The molecule has 0 aliphatic heterocycles. The summed E-state index contributed by atoms with van der Waals surface area (Å²) in [5.41, 5.74) is 0. The van der Waals surface area contributed by atoms with Crippen LogP contribution in [0.5, 0.6) is 0 Å². The molecule has 1 rings (SSSR count). The summed E-state index contributed by atoms with van der Waals surface area (Å²) in [5.74, 6) is 0. The van der Waals surface area contributed by atoms with Crippen molar-refractivity contribution in [2.75, 3.05) is 18.4 Å². The zero-order valence-electron chi connectivity index (χ0n) is 7.77. The molecule has 80 valence electrons. The summed E-state index contributed by atoms with van der Waals surface area (Å²) in [6.45, 7) is 2.71. The standard InChI is InChI=1S/C7H12BrN3O2S/c1-2-11(4-3-8)14(12,13)7-5-9-6-10-7/h5-6H,2-4H2,1H3,(H,9,10). The van der Waals surface area contributed by atoms with E-state index in [1.54, 1.807) is 6.92 Å². The Hall–Kier alpha value is -0.400. The van der Waals surface area contributed by atoms with E-state index < -0.39 is 10.0 Å². The van der Waals surface area contributed by atoms with Crippen LogP contribution in [0.15, 0.2) is 17.6 Å². The maximum Gasteiger partial charge on any atom is 0.260 e. The molecule has 1 aromatic rings. The molecule has 14 heavy (non-hydrogen) atoms. The van der Waals surface area contributed by atoms with Crippen LogP contribution >= 0.6 is 15.9 Å². The van der Waals surface area contributed by atoms with Crippen molar-refractivity contribution in [3.05, 3.63) is 12.5 Å². The molecular formula is C7H12BrN3O2S. The van der Waals surface area contributed by atoms with Gasteiger partial charge in [-0.05, 0) is 0 Å². The zero-order valence-corrected chi connectivity index (χ0v) is 10.2. The zero-order chi connectivity index (χ0) is 10.6. The van der Waals surface area contributed by atoms with Gasteiger partial charge in [-0.25, -0.2) is 13.4 Å². The lowest BCUT2D eigenvalue weighted by molar-refractivity contribution is 0.446. The van der Waals surface area contributed by atoms with Crippen LogP contribution < -0.4 is 0 Å². The fourth-order valence-corrected chi connectivity index (χ4v) is 3.07. The highest BCUT2D eigenvalue weighted by atomic mass is 79.9. The lowest BCUT2D eigenvalue weighted by Crippen LogP contribution is -2.32. The van der Waals surface area contributed by atoms with Crippen molar-refractivity contribution in [1.82, 2.24) is 14.3 Å². The van der Waals surface area contributed by atoms with E-state index in [0.717, 1.165) is 0 Å². The molecule has 0 aromatic carbocycles. The van der Waals surface area contributed by atoms with E-state index in [1.165, 1.54) is 16.8 Å². The molecule has 0 saturated carbocycles. The first-order valence-corrected chi connectivity index (χ1v) is 6.73. The Morgan fingerprint density at radius 1 is 1.64 bits per heavy atom. The second-order valence-corrected chi connectivity index (χ2v) is 5.30. The molecule has 0 aliphatic rings. The molecule has 0 bridgehead atoms. The van der Waals surface area contributed by atoms with E-state index in [9.17, 15) is 8.42 Å². The summed E-state index contributed by atoms with van der Waals surface area (Å²) in [5, 5.41) is 0.758. The van der Waals surface area contributed by atoms with Gasteiger partial charge < -0.3 is 4.98 Å². The van der Waals surface area contributed by atoms with Crippen LogP contribution in [0.3, 0.4) is 0 Å². The molecule has 0 radical (unpaired) electrons. The molecule has 1 heterocycles. The van der Waals surface area contributed by atoms with Gasteiger partial charge in [-0.1, -0.05) is 22.9 Å². The fraction of sp³-hybridized carbons (Fsp3) is 0.571. The predicted octanol–water partition coefficient (Wildman–Crippen LogP) is 0.815. The molecule has 5 nitrogen and oxygen atoms in total. The Morgan fingerprint density at radius 3 is 2.79 bits per heavy atom. The van der Waals surface area contributed by atoms with Crippen LogP contribution in [0, 0.1) is 0 Å². The minimum absolute atomic E-state index is 0.139. The monoisotopic (exact) mass is 281 g/mol. The molecule has 0 saturated heterocycles. The van der Waals surface area contributed by atoms with Crippen molar-refractivity contribution in [2.24, 2.45) is 0 Å². The van der Waals surface area contributed by atoms with E-state index in [2.05, 4.69) is 25.9 Å². The maximum atomic E-state index is 11.8. The Balaban J connectivity index is 2.94. The Labute approximate surface area is 91.7 Å². The van der Waals surface area contributed by atoms with Crippen LogP contribution in [0.4, 0.5) is 0 Å². The fourth-order valence-electron chi connectivity index (χ4n) is 1.07. The van der Waals surface area contributed by atoms with Gasteiger partial charge in [0.15, 0.2) is 5.03 Å². The highest BCUT2D eigenvalue weighted by Gasteiger charge is 2.23. The van der Waals surface area contributed by atoms with Crippen molar-refractivity contribution in [1.29, 1.82) is 0 Å². The summed E-state index contributed by atoms with van der Waals surface area (Å²) in [4.78, 5) is 6.29. The molecule has 0 unspecified atom stereocenters. The first kappa shape index (κ1) is 11.7. The lowest BCUT2D eigenvalue weighted by Gasteiger charge is -2.17. The molecule has 0 atom stereocenters. The second-order valence-electron chi connectivity index (χ2n) is 2.60. The van der Waals surface area contributed by atoms with Crippen LogP contribution in [-0.4, -0.2) is 41.1 Å². The van der Waals surface area contributed by atoms with Crippen LogP contribution in [0.25, 0.3) is 0 Å². The highest BCUT2D eigenvalue weighted by molar-refractivity contribution is 9.09. The van der Waals surface area contributed by atoms with Gasteiger partial charge >= 0.3 is 0 Å². The van der Waals surface area contributed by atoms with Crippen LogP contribution in [0.2, 0.25) is 0 Å². The van der Waals surface area contributed by atoms with E-state index >= 15 is 0 Å². The number of H-pyrrole nitrogens is 1. The Morgan fingerprint density at radius 2 is 2.36 bits per heavy atom. The number of aromatic amines is 1. The van der Waals surface area contributed by atoms with Crippen LogP contribution in [0.1, 0.15) is 6.92 Å². The van der Waals surface area contributed by atoms with Crippen molar-refractivity contribution < 1.29 is 8.42 Å². The Kier molecular flexibility index (Phi) is 4.09. The van der Waals surface area contributed by atoms with E-state index in [4.69, 9.17) is 0 Å². The molecule has 0 spiro atoms. The van der Waals surface area contributed by atoms with Crippen LogP contribution in [-0.2, 0) is 10.0 Å². The summed E-state index contributed by atoms with van der Waals surface area (Å²) in [7, 11) is -3.38. The number of imidazole rings is 1. The first-order chi connectivity index (χ1) is 6.62. The minimum atomic E-state index is -3.38. The SMILES string of the molecule is CCN(CCBr)S(=O)(=O)c1cnc[nH]1. The molecule has 7 heteroatoms. The molecule has 0 aliphatic carbocycles. The molecular weight excluding hydrogens is 270 g/mol. The van der Waals surface area contributed by atoms with Crippen molar-refractivity contribution in [2.45, 2.75) is 11.9 Å². The minimum Gasteiger partial charge on any atom is -0.335 e. The predicted molar refractivity (Wildman–Crippen MR) is 56.8 cm³/mol. The van der Waals surface area contributed by atoms with Gasteiger partial charge in [-0.15, -0.1) is 0 Å². The average Bonchev–Trinajstić information content (AvgIpc) is 2.66. The normalized spacial score (nSPS) is 12.2. The van der Waals surface area contributed by atoms with Gasteiger partial charge in [0.05, 0.1) is 12.5 Å². The maximum absolute atomic E-state index is 11.8. The second kappa shape index (κ2) is 4.90. The Bertz CT molecular complexity index is 362. The summed E-state index contributed by atoms with van der Waals surface area (Å²) in [6.07, 6.45) is 2.67. The largest absolute Gasteiger partial charge is 0.335 e. The highest BCUT2D eigenvalue weighted by Crippen LogP contribution is 2.11. The number of halogens is 1. The third-order valence-electron chi connectivity index (χ3n) is 1.78. The number of sulfonamides is 1. The lowest BCUT2D eigenvalue weighted by atomic mass is 10.7. The molecule has 0 fully saturated rings. The van der Waals surface area contributed by atoms with Crippen molar-refractivity contribution in [3.8, 4) is 0 Å². The number of hydrogen-bond acceptors (Lipinski definition) is 3. The van der Waals surface area contributed by atoms with Gasteiger partial charge in [-0.2, -0.15) is 4.31 Å². The third-order valence-corrected chi connectivity index (χ3v) is 4.03. The van der Waals surface area contributed by atoms with Gasteiger partial charge in [-0.3, -0.25) is 0 Å². The molecule has 1 N–H and O–H groups in total. The summed E-state index contributed by atoms with van der Waals surface area (Å²) < 4.78 is 25.1. The summed E-state index contributed by atoms with van der Waals surface area (Å²) in [6, 6.07) is 0. The van der Waals surface area contributed by atoms with Gasteiger partial charge in [0.1, 0.15) is 0 Å². The van der Waals surface area contributed by atoms with Crippen molar-refractivity contribution >= 4 is 26.0 Å². The topological polar surface area (TPSA) is 66.1 Å². The number of hydrogen-bond donors (Lipinski definition) is 1. The third kappa shape index (κ3) is 2.34. The van der Waals surface area contributed by atoms with E-state index in [1.807, 2.05) is 0 Å². The number of nitrogens with one attached hydrogen (secondary N) is 1. The smallest absolute Gasteiger partial charge is 0.260 e. The summed E-state index contributed by atoms with van der Waals surface area (Å²) >= 11 is 3.21. The van der Waals surface area contributed by atoms with E-state index in [-0.39, 0.29) is 5.03 Å². The average molecular weight is 282 g/mol. The van der Waals surface area contributed by atoms with Crippen molar-refractivity contribution in [3.63, 3.8) is 0 Å². The molecule has 0 amide bonds. The van der Waals surface area contributed by atoms with Gasteiger partial charge in [0.2, 0.25) is 0 Å². The van der Waals surface area contributed by atoms with Gasteiger partial charge in [0, 0.05) is 18.4 Å². The van der Waals surface area contributed by atoms with Gasteiger partial charge in [0.25, 0.3) is 10.0 Å². The number of aromatic nitrogens is 2. The number of rotatable bonds is 5.